The van der Waals surface area contributed by atoms with Gasteiger partial charge in [-0.2, -0.15) is 0 Å². The van der Waals surface area contributed by atoms with E-state index >= 15 is 0 Å². The van der Waals surface area contributed by atoms with Crippen LogP contribution in [0.5, 0.6) is 0 Å². The number of nitrogens with one attached hydrogen (secondary N) is 1. The highest BCUT2D eigenvalue weighted by atomic mass is 14.3. The van der Waals surface area contributed by atoms with Crippen molar-refractivity contribution in [3.63, 3.8) is 0 Å². The van der Waals surface area contributed by atoms with Gasteiger partial charge in [0.25, 0.3) is 0 Å². The zero-order chi connectivity index (χ0) is 9.78. The van der Waals surface area contributed by atoms with E-state index in [0.717, 1.165) is 6.42 Å². The molecule has 0 bridgehead atoms. The monoisotopic (exact) mass is 183 g/mol. The molecule has 13 heavy (non-hydrogen) atoms. The molecule has 0 unspecified atom stereocenters. The van der Waals surface area contributed by atoms with Crippen molar-refractivity contribution in [2.45, 2.75) is 71.1 Å². The van der Waals surface area contributed by atoms with Gasteiger partial charge in [0.05, 0.1) is 0 Å². The summed E-state index contributed by atoms with van der Waals surface area (Å²) in [4.78, 5) is 0. The Hall–Kier alpha value is -0.330. The Kier molecular flexibility index (Phi) is 11.4. The Labute approximate surface area is 83.4 Å². The third kappa shape index (κ3) is 11.7. The first-order valence-corrected chi connectivity index (χ1v) is 5.90. The SMILES string of the molecule is CCCCCCCCCCCC=N. The smallest absolute Gasteiger partial charge is 0.00477 e. The first kappa shape index (κ1) is 12.7. The minimum Gasteiger partial charge on any atom is -0.313 e. The third-order valence-electron chi connectivity index (χ3n) is 2.45. The van der Waals surface area contributed by atoms with E-state index in [1.807, 2.05) is 0 Å². The molecule has 0 saturated carbocycles. The van der Waals surface area contributed by atoms with Crippen LogP contribution in [0.3, 0.4) is 0 Å². The van der Waals surface area contributed by atoms with Crippen LogP contribution < -0.4 is 0 Å². The van der Waals surface area contributed by atoms with Gasteiger partial charge in [-0.05, 0) is 19.1 Å². The molecular weight excluding hydrogens is 158 g/mol. The first-order chi connectivity index (χ1) is 6.41. The van der Waals surface area contributed by atoms with Crippen LogP contribution in [0.4, 0.5) is 0 Å². The fourth-order valence-corrected chi connectivity index (χ4v) is 1.56. The van der Waals surface area contributed by atoms with E-state index < -0.39 is 0 Å². The minimum absolute atomic E-state index is 0.982. The summed E-state index contributed by atoms with van der Waals surface area (Å²) in [6, 6.07) is 0. The van der Waals surface area contributed by atoms with E-state index in [2.05, 4.69) is 6.92 Å². The fourth-order valence-electron chi connectivity index (χ4n) is 1.56. The van der Waals surface area contributed by atoms with Crippen LogP contribution in [0.15, 0.2) is 0 Å². The summed E-state index contributed by atoms with van der Waals surface area (Å²) >= 11 is 0. The highest BCUT2D eigenvalue weighted by Gasteiger charge is 1.90. The van der Waals surface area contributed by atoms with Gasteiger partial charge in [0.15, 0.2) is 0 Å². The average molecular weight is 183 g/mol. The lowest BCUT2D eigenvalue weighted by atomic mass is 10.1. The Morgan fingerprint density at radius 2 is 1.23 bits per heavy atom. The van der Waals surface area contributed by atoms with E-state index in [4.69, 9.17) is 5.41 Å². The molecule has 0 fully saturated rings. The van der Waals surface area contributed by atoms with Gasteiger partial charge in [0.2, 0.25) is 0 Å². The molecule has 1 heteroatoms. The number of unbranched alkanes of at least 4 members (excludes halogenated alkanes) is 9. The molecule has 0 aromatic carbocycles. The molecule has 1 N–H and O–H groups in total. The molecule has 0 heterocycles. The van der Waals surface area contributed by atoms with Crippen LogP contribution in [0, 0.1) is 5.41 Å². The van der Waals surface area contributed by atoms with Crippen molar-refractivity contribution in [2.24, 2.45) is 0 Å². The van der Waals surface area contributed by atoms with Gasteiger partial charge in [-0.25, -0.2) is 0 Å². The van der Waals surface area contributed by atoms with Crippen molar-refractivity contribution >= 4 is 6.21 Å². The lowest BCUT2D eigenvalue weighted by molar-refractivity contribution is 0.569. The summed E-state index contributed by atoms with van der Waals surface area (Å²) in [5.74, 6) is 0. The quantitative estimate of drug-likeness (QED) is 0.379. The van der Waals surface area contributed by atoms with Crippen LogP contribution >= 0.6 is 0 Å². The summed E-state index contributed by atoms with van der Waals surface area (Å²) in [5, 5.41) is 6.87. The molecule has 0 aromatic rings. The van der Waals surface area contributed by atoms with E-state index in [9.17, 15) is 0 Å². The van der Waals surface area contributed by atoms with Gasteiger partial charge >= 0.3 is 0 Å². The molecule has 0 spiro atoms. The minimum atomic E-state index is 0.982. The van der Waals surface area contributed by atoms with Crippen molar-refractivity contribution in [3.8, 4) is 0 Å². The Morgan fingerprint density at radius 3 is 1.69 bits per heavy atom. The highest BCUT2D eigenvalue weighted by Crippen LogP contribution is 2.09. The number of hydrogen-bond donors (Lipinski definition) is 1. The topological polar surface area (TPSA) is 23.9 Å². The molecule has 78 valence electrons. The molecule has 0 saturated heterocycles. The van der Waals surface area contributed by atoms with Gasteiger partial charge in [-0.1, -0.05) is 58.3 Å². The van der Waals surface area contributed by atoms with Gasteiger partial charge < -0.3 is 5.41 Å². The molecule has 1 nitrogen and oxygen atoms in total. The van der Waals surface area contributed by atoms with Crippen molar-refractivity contribution in [2.75, 3.05) is 0 Å². The Balaban J connectivity index is 2.79. The molecule has 0 aliphatic heterocycles. The molecule has 0 aliphatic carbocycles. The number of rotatable bonds is 10. The number of hydrogen-bond acceptors (Lipinski definition) is 1. The van der Waals surface area contributed by atoms with Gasteiger partial charge in [-0.3, -0.25) is 0 Å². The molecule has 0 radical (unpaired) electrons. The standard InChI is InChI=1S/C12H25N/c1-2-3-4-5-6-7-8-9-10-11-12-13/h12-13H,2-11H2,1H3. The zero-order valence-corrected chi connectivity index (χ0v) is 9.15. The maximum Gasteiger partial charge on any atom is -0.00477 e. The average Bonchev–Trinajstić information content (AvgIpc) is 2.16. The molecule has 0 aliphatic rings. The predicted octanol–water partition coefficient (Wildman–Crippen LogP) is 4.56. The fraction of sp³-hybridized carbons (Fsp3) is 0.917. The van der Waals surface area contributed by atoms with E-state index in [1.54, 1.807) is 0 Å². The van der Waals surface area contributed by atoms with Crippen LogP contribution in [-0.4, -0.2) is 6.21 Å². The van der Waals surface area contributed by atoms with Gasteiger partial charge in [-0.15, -0.1) is 0 Å². The van der Waals surface area contributed by atoms with E-state index in [-0.39, 0.29) is 0 Å². The molecule has 0 rings (SSSR count). The van der Waals surface area contributed by atoms with Crippen molar-refractivity contribution in [3.05, 3.63) is 0 Å². The van der Waals surface area contributed by atoms with Gasteiger partial charge in [0, 0.05) is 0 Å². The second-order valence-corrected chi connectivity index (χ2v) is 3.82. The second kappa shape index (κ2) is 11.7. The molecule has 0 amide bonds. The van der Waals surface area contributed by atoms with Crippen LogP contribution in [0.25, 0.3) is 0 Å². The maximum atomic E-state index is 6.87. The van der Waals surface area contributed by atoms with Crippen molar-refractivity contribution in [1.29, 1.82) is 5.41 Å². The summed E-state index contributed by atoms with van der Waals surface area (Å²) in [7, 11) is 0. The Morgan fingerprint density at radius 1 is 0.769 bits per heavy atom. The first-order valence-electron chi connectivity index (χ1n) is 5.90. The van der Waals surface area contributed by atoms with Crippen LogP contribution in [0.1, 0.15) is 71.1 Å². The van der Waals surface area contributed by atoms with Crippen LogP contribution in [-0.2, 0) is 0 Å². The van der Waals surface area contributed by atoms with E-state index in [1.165, 1.54) is 64.0 Å². The predicted molar refractivity (Wildman–Crippen MR) is 60.6 cm³/mol. The summed E-state index contributed by atoms with van der Waals surface area (Å²) in [6.45, 7) is 2.26. The van der Waals surface area contributed by atoms with Crippen molar-refractivity contribution < 1.29 is 0 Å². The normalized spacial score (nSPS) is 10.2. The van der Waals surface area contributed by atoms with Crippen molar-refractivity contribution in [1.82, 2.24) is 0 Å². The third-order valence-corrected chi connectivity index (χ3v) is 2.45. The van der Waals surface area contributed by atoms with Crippen LogP contribution in [0.2, 0.25) is 0 Å². The lowest BCUT2D eigenvalue weighted by Crippen LogP contribution is -1.81. The molecule has 0 atom stereocenters. The zero-order valence-electron chi connectivity index (χ0n) is 9.15. The maximum absolute atomic E-state index is 6.87. The largest absolute Gasteiger partial charge is 0.313 e. The summed E-state index contributed by atoms with van der Waals surface area (Å²) in [5.41, 5.74) is 0. The van der Waals surface area contributed by atoms with Gasteiger partial charge in [0.1, 0.15) is 0 Å². The van der Waals surface area contributed by atoms with E-state index in [0.29, 0.717) is 0 Å². The summed E-state index contributed by atoms with van der Waals surface area (Å²) in [6.07, 6.45) is 14.9. The Bertz CT molecular complexity index is 99.3. The highest BCUT2D eigenvalue weighted by molar-refractivity contribution is 5.52. The second-order valence-electron chi connectivity index (χ2n) is 3.82. The summed E-state index contributed by atoms with van der Waals surface area (Å²) < 4.78 is 0. The molecule has 0 aromatic heterocycles. The molecular formula is C12H25N. The lowest BCUT2D eigenvalue weighted by Gasteiger charge is -2.00.